The zero-order chi connectivity index (χ0) is 19.0. The number of non-ortho nitro benzene ring substituents is 1. The number of thioether (sulfide) groups is 1. The monoisotopic (exact) mass is 376 g/mol. The van der Waals surface area contributed by atoms with Crippen molar-refractivity contribution in [1.29, 1.82) is 0 Å². The molecule has 0 atom stereocenters. The molecule has 1 aromatic heterocycles. The Bertz CT molecular complexity index is 1120. The minimum Gasteiger partial charge on any atom is -0.338 e. The Balaban J connectivity index is 1.62. The lowest BCUT2D eigenvalue weighted by atomic mass is 10.1. The summed E-state index contributed by atoms with van der Waals surface area (Å²) in [5.74, 6) is 0. The molecule has 0 amide bonds. The molecule has 0 bridgehead atoms. The standard InChI is InChI=1S/C21H18N3O2S/c1-22-13-12-15(17-7-3-4-8-18(17)22)6-5-9-21-23(2)19-11-10-16(24(25)26)14-20(19)27-21/h3-14H,1-2H3/q+1. The number of nitrogens with zero attached hydrogens (tertiary/aromatic N) is 3. The average Bonchev–Trinajstić information content (AvgIpc) is 2.99. The van der Waals surface area contributed by atoms with Crippen molar-refractivity contribution in [2.45, 2.75) is 4.90 Å². The van der Waals surface area contributed by atoms with Gasteiger partial charge in [-0.05, 0) is 23.8 Å². The van der Waals surface area contributed by atoms with Crippen LogP contribution in [-0.2, 0) is 7.05 Å². The maximum atomic E-state index is 11.0. The fraction of sp³-hybridized carbons (Fsp3) is 0.0952. The zero-order valence-electron chi connectivity index (χ0n) is 15.0. The summed E-state index contributed by atoms with van der Waals surface area (Å²) in [6, 6.07) is 15.4. The van der Waals surface area contributed by atoms with Crippen LogP contribution in [0.25, 0.3) is 17.0 Å². The molecule has 0 unspecified atom stereocenters. The topological polar surface area (TPSA) is 50.3 Å². The van der Waals surface area contributed by atoms with Crippen LogP contribution >= 0.6 is 11.8 Å². The third-order valence-corrected chi connectivity index (χ3v) is 5.81. The van der Waals surface area contributed by atoms with E-state index in [9.17, 15) is 10.1 Å². The van der Waals surface area contributed by atoms with Crippen LogP contribution in [0.5, 0.6) is 0 Å². The third-order valence-electron chi connectivity index (χ3n) is 4.65. The number of nitro benzene ring substituents is 1. The van der Waals surface area contributed by atoms with Crippen LogP contribution in [-0.4, -0.2) is 12.0 Å². The molecule has 0 saturated carbocycles. The number of para-hydroxylation sites is 1. The van der Waals surface area contributed by atoms with Gasteiger partial charge in [-0.15, -0.1) is 0 Å². The SMILES string of the molecule is CN1/C(=C/C=C/c2cc[n+](C)c3ccccc23)Sc2cc([N+](=O)[O-])ccc21. The van der Waals surface area contributed by atoms with Crippen LogP contribution in [0.4, 0.5) is 11.4 Å². The van der Waals surface area contributed by atoms with Gasteiger partial charge >= 0.3 is 0 Å². The lowest BCUT2D eigenvalue weighted by Gasteiger charge is -2.12. The number of nitro groups is 1. The summed E-state index contributed by atoms with van der Waals surface area (Å²) in [6.45, 7) is 0. The van der Waals surface area contributed by atoms with Crippen LogP contribution in [0, 0.1) is 10.1 Å². The van der Waals surface area contributed by atoms with Gasteiger partial charge in [0.05, 0.1) is 21.0 Å². The molecule has 3 aromatic rings. The number of benzene rings is 2. The molecule has 134 valence electrons. The van der Waals surface area contributed by atoms with Crippen LogP contribution in [0.15, 0.2) is 76.8 Å². The summed E-state index contributed by atoms with van der Waals surface area (Å²) in [4.78, 5) is 13.6. The number of anilines is 1. The van der Waals surface area contributed by atoms with E-state index in [0.29, 0.717) is 0 Å². The van der Waals surface area contributed by atoms with Crippen molar-refractivity contribution in [1.82, 2.24) is 0 Å². The van der Waals surface area contributed by atoms with Crippen molar-refractivity contribution in [3.63, 3.8) is 0 Å². The van der Waals surface area contributed by atoms with Gasteiger partial charge in [-0.2, -0.15) is 0 Å². The zero-order valence-corrected chi connectivity index (χ0v) is 15.8. The van der Waals surface area contributed by atoms with E-state index in [1.54, 1.807) is 30.0 Å². The van der Waals surface area contributed by atoms with Crippen molar-refractivity contribution in [3.8, 4) is 0 Å². The van der Waals surface area contributed by atoms with E-state index in [-0.39, 0.29) is 10.6 Å². The smallest absolute Gasteiger partial charge is 0.270 e. The number of allylic oxidation sites excluding steroid dienone is 2. The number of aromatic nitrogens is 1. The molecule has 5 nitrogen and oxygen atoms in total. The number of hydrogen-bond donors (Lipinski definition) is 0. The van der Waals surface area contributed by atoms with Gasteiger partial charge in [0.25, 0.3) is 5.69 Å². The lowest BCUT2D eigenvalue weighted by molar-refractivity contribution is -0.644. The number of hydrogen-bond acceptors (Lipinski definition) is 4. The molecular formula is C21H18N3O2S+. The first-order valence-corrected chi connectivity index (χ1v) is 9.32. The molecule has 1 aliphatic rings. The normalized spacial score (nSPS) is 15.0. The van der Waals surface area contributed by atoms with Gasteiger partial charge in [0, 0.05) is 36.2 Å². The Kier molecular flexibility index (Phi) is 4.41. The molecule has 0 fully saturated rings. The maximum absolute atomic E-state index is 11.0. The summed E-state index contributed by atoms with van der Waals surface area (Å²) >= 11 is 1.54. The van der Waals surface area contributed by atoms with Gasteiger partial charge in [-0.3, -0.25) is 10.1 Å². The van der Waals surface area contributed by atoms with E-state index < -0.39 is 0 Å². The van der Waals surface area contributed by atoms with Crippen LogP contribution in [0.2, 0.25) is 0 Å². The second-order valence-corrected chi connectivity index (χ2v) is 7.40. The molecular weight excluding hydrogens is 358 g/mol. The van der Waals surface area contributed by atoms with E-state index in [1.807, 2.05) is 38.4 Å². The van der Waals surface area contributed by atoms with E-state index in [4.69, 9.17) is 0 Å². The summed E-state index contributed by atoms with van der Waals surface area (Å²) in [6.07, 6.45) is 8.22. The highest BCUT2D eigenvalue weighted by Gasteiger charge is 2.23. The Morgan fingerprint density at radius 1 is 1.19 bits per heavy atom. The van der Waals surface area contributed by atoms with Crippen molar-refractivity contribution in [3.05, 3.63) is 87.6 Å². The molecule has 6 heteroatoms. The van der Waals surface area contributed by atoms with Crippen molar-refractivity contribution >= 4 is 40.1 Å². The van der Waals surface area contributed by atoms with E-state index >= 15 is 0 Å². The highest BCUT2D eigenvalue weighted by molar-refractivity contribution is 8.03. The van der Waals surface area contributed by atoms with Gasteiger partial charge in [0.1, 0.15) is 7.05 Å². The first-order valence-electron chi connectivity index (χ1n) is 8.50. The second-order valence-electron chi connectivity index (χ2n) is 6.33. The minimum atomic E-state index is -0.358. The maximum Gasteiger partial charge on any atom is 0.270 e. The minimum absolute atomic E-state index is 0.120. The van der Waals surface area contributed by atoms with Crippen LogP contribution < -0.4 is 9.47 Å². The molecule has 0 spiro atoms. The summed E-state index contributed by atoms with van der Waals surface area (Å²) in [5.41, 5.74) is 3.44. The molecule has 2 aromatic carbocycles. The fourth-order valence-electron chi connectivity index (χ4n) is 3.19. The predicted octanol–water partition coefficient (Wildman–Crippen LogP) is 4.67. The largest absolute Gasteiger partial charge is 0.338 e. The molecule has 4 rings (SSSR count). The lowest BCUT2D eigenvalue weighted by Crippen LogP contribution is -2.28. The Morgan fingerprint density at radius 3 is 2.81 bits per heavy atom. The summed E-state index contributed by atoms with van der Waals surface area (Å²) in [5, 5.41) is 13.2. The number of fused-ring (bicyclic) bond motifs is 2. The van der Waals surface area contributed by atoms with Crippen molar-refractivity contribution in [2.24, 2.45) is 7.05 Å². The average molecular weight is 376 g/mol. The van der Waals surface area contributed by atoms with Crippen LogP contribution in [0.1, 0.15) is 5.56 Å². The highest BCUT2D eigenvalue weighted by Crippen LogP contribution is 2.46. The van der Waals surface area contributed by atoms with Crippen molar-refractivity contribution < 1.29 is 9.49 Å². The molecule has 0 saturated heterocycles. The van der Waals surface area contributed by atoms with Gasteiger partial charge in [-0.1, -0.05) is 36.0 Å². The first-order chi connectivity index (χ1) is 13.0. The quantitative estimate of drug-likeness (QED) is 0.379. The van der Waals surface area contributed by atoms with E-state index in [2.05, 4.69) is 39.9 Å². The van der Waals surface area contributed by atoms with Crippen LogP contribution in [0.3, 0.4) is 0 Å². The summed E-state index contributed by atoms with van der Waals surface area (Å²) in [7, 11) is 4.01. The molecule has 0 radical (unpaired) electrons. The Labute approximate surface area is 161 Å². The molecule has 1 aliphatic heterocycles. The number of aryl methyl sites for hydroxylation is 1. The molecule has 27 heavy (non-hydrogen) atoms. The highest BCUT2D eigenvalue weighted by atomic mass is 32.2. The number of pyridine rings is 1. The summed E-state index contributed by atoms with van der Waals surface area (Å²) < 4.78 is 2.11. The molecule has 0 N–H and O–H groups in total. The van der Waals surface area contributed by atoms with E-state index in [1.165, 1.54) is 10.9 Å². The first kappa shape index (κ1) is 17.3. The Hall–Kier alpha value is -3.12. The second kappa shape index (κ2) is 6.89. The predicted molar refractivity (Wildman–Crippen MR) is 110 cm³/mol. The third kappa shape index (κ3) is 3.19. The van der Waals surface area contributed by atoms with Gasteiger partial charge in [0.2, 0.25) is 5.52 Å². The molecule has 0 aliphatic carbocycles. The van der Waals surface area contributed by atoms with E-state index in [0.717, 1.165) is 21.2 Å². The van der Waals surface area contributed by atoms with Gasteiger partial charge < -0.3 is 4.90 Å². The molecule has 2 heterocycles. The number of rotatable bonds is 3. The van der Waals surface area contributed by atoms with Gasteiger partial charge in [0.15, 0.2) is 6.20 Å². The van der Waals surface area contributed by atoms with Gasteiger partial charge in [-0.25, -0.2) is 4.57 Å². The fourth-order valence-corrected chi connectivity index (χ4v) is 4.28. The van der Waals surface area contributed by atoms with Crippen molar-refractivity contribution in [2.75, 3.05) is 11.9 Å². The Morgan fingerprint density at radius 2 is 2.00 bits per heavy atom.